The topological polar surface area (TPSA) is 41.1 Å². The highest BCUT2D eigenvalue weighted by Crippen LogP contribution is 2.22. The van der Waals surface area contributed by atoms with Gasteiger partial charge in [-0.2, -0.15) is 0 Å². The quantitative estimate of drug-likeness (QED) is 0.660. The molecule has 0 aliphatic rings. The van der Waals surface area contributed by atoms with Crippen LogP contribution in [0.2, 0.25) is 10.0 Å². The molecule has 0 aliphatic carbocycles. The molecule has 0 saturated carbocycles. The van der Waals surface area contributed by atoms with Crippen LogP contribution in [0.4, 0.5) is 5.69 Å². The van der Waals surface area contributed by atoms with Crippen molar-refractivity contribution in [3.63, 3.8) is 0 Å². The molecule has 7 heteroatoms. The van der Waals surface area contributed by atoms with E-state index in [1.54, 1.807) is 30.3 Å². The monoisotopic (exact) mass is 416 g/mol. The molecule has 2 aromatic rings. The number of thiocarbonyl (C=S) groups is 1. The van der Waals surface area contributed by atoms with Gasteiger partial charge in [0.1, 0.15) is 0 Å². The molecule has 0 spiro atoms. The van der Waals surface area contributed by atoms with Crippen LogP contribution in [0.1, 0.15) is 15.9 Å². The average Bonchev–Trinajstić information content (AvgIpc) is 2.40. The lowest BCUT2D eigenvalue weighted by Gasteiger charge is -2.11. The maximum atomic E-state index is 12.1. The number of hydrogen-bond acceptors (Lipinski definition) is 2. The number of carbonyl (C=O) groups is 1. The third-order valence-electron chi connectivity index (χ3n) is 2.78. The van der Waals surface area contributed by atoms with Gasteiger partial charge in [-0.3, -0.25) is 10.1 Å². The van der Waals surface area contributed by atoms with Crippen LogP contribution in [-0.2, 0) is 0 Å². The standard InChI is InChI=1S/C15H11BrCl2N2OS/c1-8-2-3-9(4-13(8)16)14(21)20-15(22)19-12-6-10(17)5-11(18)7-12/h2-7H,1H3,(H2,19,20,21,22). The molecule has 3 nitrogen and oxygen atoms in total. The zero-order valence-electron chi connectivity index (χ0n) is 11.4. The van der Waals surface area contributed by atoms with E-state index >= 15 is 0 Å². The fourth-order valence-electron chi connectivity index (χ4n) is 1.70. The highest BCUT2D eigenvalue weighted by molar-refractivity contribution is 9.10. The van der Waals surface area contributed by atoms with E-state index in [-0.39, 0.29) is 11.0 Å². The number of rotatable bonds is 2. The van der Waals surface area contributed by atoms with E-state index in [0.29, 0.717) is 21.3 Å². The molecule has 1 amide bonds. The van der Waals surface area contributed by atoms with Gasteiger partial charge in [0.15, 0.2) is 5.11 Å². The smallest absolute Gasteiger partial charge is 0.257 e. The summed E-state index contributed by atoms with van der Waals surface area (Å²) in [4.78, 5) is 12.1. The van der Waals surface area contributed by atoms with E-state index in [4.69, 9.17) is 35.4 Å². The molecule has 0 saturated heterocycles. The van der Waals surface area contributed by atoms with Gasteiger partial charge in [-0.05, 0) is 55.0 Å². The summed E-state index contributed by atoms with van der Waals surface area (Å²) in [6.45, 7) is 1.95. The Hall–Kier alpha value is -1.14. The Balaban J connectivity index is 2.04. The highest BCUT2D eigenvalue weighted by Gasteiger charge is 2.09. The van der Waals surface area contributed by atoms with E-state index in [2.05, 4.69) is 26.6 Å². The molecule has 114 valence electrons. The molecule has 0 fully saturated rings. The van der Waals surface area contributed by atoms with Gasteiger partial charge in [0, 0.05) is 25.8 Å². The van der Waals surface area contributed by atoms with Crippen molar-refractivity contribution in [1.82, 2.24) is 5.32 Å². The predicted molar refractivity (Wildman–Crippen MR) is 99.0 cm³/mol. The van der Waals surface area contributed by atoms with Crippen molar-refractivity contribution >= 4 is 68.1 Å². The fraction of sp³-hybridized carbons (Fsp3) is 0.0667. The number of amides is 1. The second-order valence-corrected chi connectivity index (χ2v) is 6.67. The third kappa shape index (κ3) is 4.68. The summed E-state index contributed by atoms with van der Waals surface area (Å²) in [5, 5.41) is 6.60. The molecule has 0 heterocycles. The largest absolute Gasteiger partial charge is 0.332 e. The summed E-state index contributed by atoms with van der Waals surface area (Å²) in [6, 6.07) is 10.3. The van der Waals surface area contributed by atoms with Crippen LogP contribution >= 0.6 is 51.3 Å². The van der Waals surface area contributed by atoms with Crippen molar-refractivity contribution in [1.29, 1.82) is 0 Å². The molecular weight excluding hydrogens is 407 g/mol. The first-order valence-electron chi connectivity index (χ1n) is 6.20. The van der Waals surface area contributed by atoms with E-state index in [1.165, 1.54) is 0 Å². The number of carbonyl (C=O) groups excluding carboxylic acids is 1. The Morgan fingerprint density at radius 3 is 2.36 bits per heavy atom. The lowest BCUT2D eigenvalue weighted by atomic mass is 10.1. The number of aryl methyl sites for hydroxylation is 1. The minimum absolute atomic E-state index is 0.167. The molecule has 2 aromatic carbocycles. The molecule has 0 radical (unpaired) electrons. The minimum atomic E-state index is -0.300. The average molecular weight is 418 g/mol. The zero-order valence-corrected chi connectivity index (χ0v) is 15.3. The Morgan fingerprint density at radius 1 is 1.14 bits per heavy atom. The van der Waals surface area contributed by atoms with E-state index in [1.807, 2.05) is 13.0 Å². The molecule has 2 N–H and O–H groups in total. The summed E-state index contributed by atoms with van der Waals surface area (Å²) in [7, 11) is 0. The Bertz CT molecular complexity index is 732. The summed E-state index contributed by atoms with van der Waals surface area (Å²) >= 11 is 20.3. The second kappa shape index (κ2) is 7.42. The second-order valence-electron chi connectivity index (χ2n) is 4.53. The van der Waals surface area contributed by atoms with Crippen molar-refractivity contribution in [2.45, 2.75) is 6.92 Å². The van der Waals surface area contributed by atoms with E-state index < -0.39 is 0 Å². The van der Waals surface area contributed by atoms with Crippen LogP contribution in [0.25, 0.3) is 0 Å². The summed E-state index contributed by atoms with van der Waals surface area (Å²) in [6.07, 6.45) is 0. The Morgan fingerprint density at radius 2 is 1.77 bits per heavy atom. The molecule has 2 rings (SSSR count). The molecule has 0 bridgehead atoms. The van der Waals surface area contributed by atoms with Crippen LogP contribution in [0, 0.1) is 6.92 Å². The third-order valence-corrected chi connectivity index (χ3v) is 4.28. The molecule has 22 heavy (non-hydrogen) atoms. The van der Waals surface area contributed by atoms with Gasteiger partial charge in [-0.25, -0.2) is 0 Å². The van der Waals surface area contributed by atoms with E-state index in [9.17, 15) is 4.79 Å². The van der Waals surface area contributed by atoms with Crippen LogP contribution in [-0.4, -0.2) is 11.0 Å². The van der Waals surface area contributed by atoms with Crippen molar-refractivity contribution in [3.05, 3.63) is 62.0 Å². The molecule has 0 aliphatic heterocycles. The number of nitrogens with one attached hydrogen (secondary N) is 2. The van der Waals surface area contributed by atoms with Crippen molar-refractivity contribution in [2.24, 2.45) is 0 Å². The first kappa shape index (κ1) is 17.2. The summed E-state index contributed by atoms with van der Waals surface area (Å²) in [5.74, 6) is -0.300. The van der Waals surface area contributed by atoms with Gasteiger partial charge < -0.3 is 5.32 Å². The molecule has 0 aromatic heterocycles. The van der Waals surface area contributed by atoms with Crippen LogP contribution in [0.15, 0.2) is 40.9 Å². The number of halogens is 3. The van der Waals surface area contributed by atoms with Gasteiger partial charge in [0.25, 0.3) is 5.91 Å². The van der Waals surface area contributed by atoms with Crippen molar-refractivity contribution in [2.75, 3.05) is 5.32 Å². The van der Waals surface area contributed by atoms with Gasteiger partial charge in [-0.1, -0.05) is 45.2 Å². The highest BCUT2D eigenvalue weighted by atomic mass is 79.9. The van der Waals surface area contributed by atoms with Crippen molar-refractivity contribution < 1.29 is 4.79 Å². The molecular formula is C15H11BrCl2N2OS. The van der Waals surface area contributed by atoms with Gasteiger partial charge in [-0.15, -0.1) is 0 Å². The number of anilines is 1. The molecule has 0 unspecified atom stereocenters. The Kier molecular flexibility index (Phi) is 5.81. The van der Waals surface area contributed by atoms with Crippen LogP contribution in [0.5, 0.6) is 0 Å². The Labute approximate surface area is 152 Å². The lowest BCUT2D eigenvalue weighted by molar-refractivity contribution is 0.0977. The minimum Gasteiger partial charge on any atom is -0.332 e. The van der Waals surface area contributed by atoms with Crippen LogP contribution < -0.4 is 10.6 Å². The zero-order chi connectivity index (χ0) is 16.3. The maximum Gasteiger partial charge on any atom is 0.257 e. The fourth-order valence-corrected chi connectivity index (χ4v) is 2.81. The first-order chi connectivity index (χ1) is 10.3. The maximum absolute atomic E-state index is 12.1. The number of benzene rings is 2. The van der Waals surface area contributed by atoms with Crippen LogP contribution in [0.3, 0.4) is 0 Å². The molecule has 0 atom stereocenters. The first-order valence-corrected chi connectivity index (χ1v) is 8.15. The lowest BCUT2D eigenvalue weighted by Crippen LogP contribution is -2.34. The van der Waals surface area contributed by atoms with Gasteiger partial charge in [0.05, 0.1) is 0 Å². The SMILES string of the molecule is Cc1ccc(C(=O)NC(=S)Nc2cc(Cl)cc(Cl)c2)cc1Br. The summed E-state index contributed by atoms with van der Waals surface area (Å²) in [5.41, 5.74) is 2.16. The van der Waals surface area contributed by atoms with Gasteiger partial charge in [0.2, 0.25) is 0 Å². The van der Waals surface area contributed by atoms with E-state index in [0.717, 1.165) is 10.0 Å². The normalized spacial score (nSPS) is 10.2. The summed E-state index contributed by atoms with van der Waals surface area (Å²) < 4.78 is 0.862. The number of hydrogen-bond donors (Lipinski definition) is 2. The van der Waals surface area contributed by atoms with Gasteiger partial charge >= 0.3 is 0 Å². The predicted octanol–water partition coefficient (Wildman–Crippen LogP) is 5.19. The van der Waals surface area contributed by atoms with Crippen molar-refractivity contribution in [3.8, 4) is 0 Å².